The Hall–Kier alpha value is -2.63. The van der Waals surface area contributed by atoms with Crippen LogP contribution in [0.4, 0.5) is 0 Å². The lowest BCUT2D eigenvalue weighted by Crippen LogP contribution is -3.06. The fourth-order valence-corrected chi connectivity index (χ4v) is 3.16. The normalized spacial score (nSPS) is 12.7. The van der Waals surface area contributed by atoms with Crippen LogP contribution in [0.5, 0.6) is 0 Å². The Morgan fingerprint density at radius 2 is 1.88 bits per heavy atom. The summed E-state index contributed by atoms with van der Waals surface area (Å²) in [7, 11) is 2.06. The van der Waals surface area contributed by atoms with Crippen molar-refractivity contribution in [1.82, 2.24) is 9.97 Å². The number of nitrogens with zero attached hydrogens (tertiary/aromatic N) is 1. The average Bonchev–Trinajstić information content (AvgIpc) is 2.96. The fourth-order valence-electron chi connectivity index (χ4n) is 3.03. The lowest BCUT2D eigenvalue weighted by molar-refractivity contribution is -0.908. The SMILES string of the molecule is C[NH+](Cc1ccc(Cl)cc1)Cc1nc2c(oc3ccccc32)c(=O)[nH]1. The highest BCUT2D eigenvalue weighted by molar-refractivity contribution is 6.30. The smallest absolute Gasteiger partial charge is 0.294 e. The molecule has 2 aromatic carbocycles. The van der Waals surface area contributed by atoms with Crippen molar-refractivity contribution in [3.05, 3.63) is 75.3 Å². The van der Waals surface area contributed by atoms with Gasteiger partial charge in [-0.2, -0.15) is 0 Å². The van der Waals surface area contributed by atoms with E-state index < -0.39 is 0 Å². The van der Waals surface area contributed by atoms with Gasteiger partial charge in [0.1, 0.15) is 24.2 Å². The molecule has 4 rings (SSSR count). The molecule has 6 heteroatoms. The van der Waals surface area contributed by atoms with Gasteiger partial charge in [-0.25, -0.2) is 4.98 Å². The predicted molar refractivity (Wildman–Crippen MR) is 97.9 cm³/mol. The predicted octanol–water partition coefficient (Wildman–Crippen LogP) is 2.54. The van der Waals surface area contributed by atoms with E-state index in [1.54, 1.807) is 0 Å². The maximum absolute atomic E-state index is 12.3. The molecule has 1 atom stereocenters. The molecule has 0 fully saturated rings. The van der Waals surface area contributed by atoms with E-state index >= 15 is 0 Å². The van der Waals surface area contributed by atoms with Gasteiger partial charge >= 0.3 is 0 Å². The number of rotatable bonds is 4. The summed E-state index contributed by atoms with van der Waals surface area (Å²) in [6.45, 7) is 1.42. The Labute approximate surface area is 148 Å². The number of furan rings is 1. The number of aromatic amines is 1. The summed E-state index contributed by atoms with van der Waals surface area (Å²) < 4.78 is 5.62. The molecule has 126 valence electrons. The average molecular weight is 355 g/mol. The standard InChI is InChI=1S/C19H16ClN3O2/c1-23(10-12-6-8-13(20)9-7-12)11-16-21-17-14-4-2-3-5-15(14)25-18(17)19(24)22-16/h2-9H,10-11H2,1H3,(H,21,22,24)/p+1. The monoisotopic (exact) mass is 354 g/mol. The number of para-hydroxylation sites is 1. The van der Waals surface area contributed by atoms with Crippen LogP contribution in [0.15, 0.2) is 57.7 Å². The molecule has 0 aliphatic carbocycles. The van der Waals surface area contributed by atoms with Gasteiger partial charge < -0.3 is 14.3 Å². The third kappa shape index (κ3) is 3.16. The molecular weight excluding hydrogens is 338 g/mol. The number of aromatic nitrogens is 2. The van der Waals surface area contributed by atoms with Crippen LogP contribution in [0, 0.1) is 0 Å². The lowest BCUT2D eigenvalue weighted by atomic mass is 10.2. The van der Waals surface area contributed by atoms with Crippen LogP contribution >= 0.6 is 11.6 Å². The maximum Gasteiger partial charge on any atom is 0.294 e. The summed E-state index contributed by atoms with van der Waals surface area (Å²) in [6, 6.07) is 15.3. The van der Waals surface area contributed by atoms with Gasteiger partial charge in [0.2, 0.25) is 5.58 Å². The number of nitrogens with one attached hydrogen (secondary N) is 2. The summed E-state index contributed by atoms with van der Waals surface area (Å²) in [5, 5.41) is 1.59. The largest absolute Gasteiger partial charge is 0.449 e. The van der Waals surface area contributed by atoms with Gasteiger partial charge in [-0.1, -0.05) is 35.9 Å². The summed E-state index contributed by atoms with van der Waals surface area (Å²) in [6.07, 6.45) is 0. The van der Waals surface area contributed by atoms with Crippen molar-refractivity contribution in [2.24, 2.45) is 0 Å². The van der Waals surface area contributed by atoms with Crippen molar-refractivity contribution in [1.29, 1.82) is 0 Å². The van der Waals surface area contributed by atoms with Gasteiger partial charge in [0, 0.05) is 16.0 Å². The molecule has 0 bridgehead atoms. The molecule has 1 unspecified atom stereocenters. The molecule has 0 spiro atoms. The van der Waals surface area contributed by atoms with Crippen molar-refractivity contribution >= 4 is 33.7 Å². The molecule has 0 aliphatic heterocycles. The molecule has 0 amide bonds. The van der Waals surface area contributed by atoms with E-state index in [-0.39, 0.29) is 11.1 Å². The summed E-state index contributed by atoms with van der Waals surface area (Å²) in [5.41, 5.74) is 2.51. The first-order valence-electron chi connectivity index (χ1n) is 8.06. The molecule has 2 aromatic heterocycles. The molecule has 0 radical (unpaired) electrons. The van der Waals surface area contributed by atoms with Crippen molar-refractivity contribution in [2.45, 2.75) is 13.1 Å². The van der Waals surface area contributed by atoms with E-state index in [4.69, 9.17) is 16.0 Å². The fraction of sp³-hybridized carbons (Fsp3) is 0.158. The minimum atomic E-state index is -0.240. The first kappa shape index (κ1) is 15.9. The zero-order chi connectivity index (χ0) is 17.4. The minimum absolute atomic E-state index is 0.240. The number of fused-ring (bicyclic) bond motifs is 3. The maximum atomic E-state index is 12.3. The molecular formula is C19H17ClN3O2+. The highest BCUT2D eigenvalue weighted by Gasteiger charge is 2.15. The van der Waals surface area contributed by atoms with Crippen LogP contribution in [0.1, 0.15) is 11.4 Å². The van der Waals surface area contributed by atoms with Gasteiger partial charge in [0.05, 0.1) is 7.05 Å². The van der Waals surface area contributed by atoms with Gasteiger partial charge in [0.15, 0.2) is 5.82 Å². The molecule has 5 nitrogen and oxygen atoms in total. The second kappa shape index (κ2) is 6.35. The lowest BCUT2D eigenvalue weighted by Gasteiger charge is -2.13. The molecule has 0 saturated carbocycles. The van der Waals surface area contributed by atoms with Crippen LogP contribution in [-0.4, -0.2) is 17.0 Å². The van der Waals surface area contributed by atoms with Crippen molar-refractivity contribution < 1.29 is 9.32 Å². The Morgan fingerprint density at radius 3 is 2.68 bits per heavy atom. The number of halogens is 1. The third-order valence-corrected chi connectivity index (χ3v) is 4.42. The highest BCUT2D eigenvalue weighted by atomic mass is 35.5. The quantitative estimate of drug-likeness (QED) is 0.592. The third-order valence-electron chi connectivity index (χ3n) is 4.17. The minimum Gasteiger partial charge on any atom is -0.449 e. The molecule has 4 aromatic rings. The number of hydrogen-bond donors (Lipinski definition) is 2. The van der Waals surface area contributed by atoms with E-state index in [0.717, 1.165) is 17.0 Å². The van der Waals surface area contributed by atoms with Crippen LogP contribution in [0.3, 0.4) is 0 Å². The molecule has 0 saturated heterocycles. The van der Waals surface area contributed by atoms with Crippen LogP contribution in [-0.2, 0) is 13.1 Å². The number of benzene rings is 2. The molecule has 2 N–H and O–H groups in total. The topological polar surface area (TPSA) is 63.3 Å². The Balaban J connectivity index is 1.63. The van der Waals surface area contributed by atoms with E-state index in [9.17, 15) is 4.79 Å². The Morgan fingerprint density at radius 1 is 1.12 bits per heavy atom. The first-order valence-corrected chi connectivity index (χ1v) is 8.44. The summed E-state index contributed by atoms with van der Waals surface area (Å²) in [5.74, 6) is 0.649. The Bertz CT molecular complexity index is 1100. The van der Waals surface area contributed by atoms with Gasteiger partial charge in [-0.15, -0.1) is 0 Å². The Kier molecular flexibility index (Phi) is 4.03. The van der Waals surface area contributed by atoms with Gasteiger partial charge in [-0.05, 0) is 24.3 Å². The second-order valence-corrected chi connectivity index (χ2v) is 6.66. The molecule has 25 heavy (non-hydrogen) atoms. The van der Waals surface area contributed by atoms with Crippen LogP contribution < -0.4 is 10.5 Å². The molecule has 2 heterocycles. The van der Waals surface area contributed by atoms with E-state index in [1.807, 2.05) is 48.5 Å². The van der Waals surface area contributed by atoms with E-state index in [0.29, 0.717) is 23.5 Å². The van der Waals surface area contributed by atoms with Gasteiger partial charge in [0.25, 0.3) is 5.56 Å². The number of quaternary nitrogens is 1. The zero-order valence-electron chi connectivity index (χ0n) is 13.7. The van der Waals surface area contributed by atoms with Crippen LogP contribution in [0.2, 0.25) is 5.02 Å². The van der Waals surface area contributed by atoms with Crippen LogP contribution in [0.25, 0.3) is 22.1 Å². The highest BCUT2D eigenvalue weighted by Crippen LogP contribution is 2.24. The first-order chi connectivity index (χ1) is 12.1. The van der Waals surface area contributed by atoms with Crippen molar-refractivity contribution in [3.63, 3.8) is 0 Å². The summed E-state index contributed by atoms with van der Waals surface area (Å²) >= 11 is 5.92. The van der Waals surface area contributed by atoms with Crippen molar-refractivity contribution in [2.75, 3.05) is 7.05 Å². The zero-order valence-corrected chi connectivity index (χ0v) is 14.4. The molecule has 0 aliphatic rings. The van der Waals surface area contributed by atoms with Crippen molar-refractivity contribution in [3.8, 4) is 0 Å². The summed E-state index contributed by atoms with van der Waals surface area (Å²) in [4.78, 5) is 21.0. The number of hydrogen-bond acceptors (Lipinski definition) is 3. The number of H-pyrrole nitrogens is 1. The second-order valence-electron chi connectivity index (χ2n) is 6.23. The van der Waals surface area contributed by atoms with Gasteiger partial charge in [-0.3, -0.25) is 4.79 Å². The van der Waals surface area contributed by atoms with E-state index in [1.165, 1.54) is 10.5 Å². The van der Waals surface area contributed by atoms with E-state index in [2.05, 4.69) is 17.0 Å².